The molecule has 1 heterocycles. The van der Waals surface area contributed by atoms with E-state index >= 15 is 0 Å². The van der Waals surface area contributed by atoms with E-state index in [1.807, 2.05) is 87.5 Å². The Labute approximate surface area is 236 Å². The molecule has 0 bridgehead atoms. The molecule has 0 aromatic heterocycles. The summed E-state index contributed by atoms with van der Waals surface area (Å²) < 4.78 is 5.38. The Morgan fingerprint density at radius 1 is 0.975 bits per heavy atom. The lowest BCUT2D eigenvalue weighted by Gasteiger charge is -2.34. The maximum Gasteiger partial charge on any atom is 0.243 e. The summed E-state index contributed by atoms with van der Waals surface area (Å²) in [4.78, 5) is 56.5. The topological polar surface area (TPSA) is 96.0 Å². The zero-order chi connectivity index (χ0) is 28.9. The molecular weight excluding hydrogens is 506 g/mol. The molecule has 1 saturated heterocycles. The third-order valence-electron chi connectivity index (χ3n) is 7.40. The van der Waals surface area contributed by atoms with Gasteiger partial charge in [-0.2, -0.15) is 0 Å². The molecule has 2 aliphatic rings. The van der Waals surface area contributed by atoms with Crippen molar-refractivity contribution in [3.8, 4) is 5.75 Å². The molecule has 0 spiro atoms. The normalized spacial score (nSPS) is 19.2. The number of nitrogens with zero attached hydrogens (tertiary/aromatic N) is 2. The van der Waals surface area contributed by atoms with Gasteiger partial charge in [0.05, 0.1) is 18.9 Å². The predicted molar refractivity (Wildman–Crippen MR) is 152 cm³/mol. The van der Waals surface area contributed by atoms with Gasteiger partial charge in [0, 0.05) is 31.5 Å². The van der Waals surface area contributed by atoms with Gasteiger partial charge in [-0.25, -0.2) is 0 Å². The minimum atomic E-state index is -0.808. The summed E-state index contributed by atoms with van der Waals surface area (Å²) in [6.45, 7) is 5.87. The number of ether oxygens (including phenoxy) is 1. The zero-order valence-electron chi connectivity index (χ0n) is 23.8. The molecule has 1 aliphatic carbocycles. The first-order chi connectivity index (χ1) is 19.1. The van der Waals surface area contributed by atoms with E-state index in [-0.39, 0.29) is 55.0 Å². The first kappa shape index (κ1) is 29.1. The van der Waals surface area contributed by atoms with E-state index in [0.29, 0.717) is 25.0 Å². The Morgan fingerprint density at radius 2 is 1.60 bits per heavy atom. The van der Waals surface area contributed by atoms with E-state index in [9.17, 15) is 19.2 Å². The molecule has 40 heavy (non-hydrogen) atoms. The van der Waals surface area contributed by atoms with Crippen molar-refractivity contribution in [3.63, 3.8) is 0 Å². The SMILES string of the molecule is COc1cccc(CN(C(=O)CCN2C(=O)[C@H]3CC=CC[C@H]3C2=O)[C@@H](Cc2ccccc2)C(=O)NC(C)(C)C)c1. The van der Waals surface area contributed by atoms with Crippen LogP contribution in [0.25, 0.3) is 0 Å². The monoisotopic (exact) mass is 545 g/mol. The number of hydrogen-bond donors (Lipinski definition) is 1. The van der Waals surface area contributed by atoms with Crippen LogP contribution in [0.1, 0.15) is 51.2 Å². The van der Waals surface area contributed by atoms with E-state index in [1.54, 1.807) is 12.0 Å². The largest absolute Gasteiger partial charge is 0.497 e. The molecule has 4 rings (SSSR count). The third kappa shape index (κ3) is 6.97. The number of methoxy groups -OCH3 is 1. The second-order valence-electron chi connectivity index (χ2n) is 11.6. The fourth-order valence-corrected chi connectivity index (χ4v) is 5.41. The van der Waals surface area contributed by atoms with Crippen molar-refractivity contribution < 1.29 is 23.9 Å². The van der Waals surface area contributed by atoms with Gasteiger partial charge in [0.1, 0.15) is 11.8 Å². The summed E-state index contributed by atoms with van der Waals surface area (Å²) in [5, 5.41) is 3.05. The number of benzene rings is 2. The van der Waals surface area contributed by atoms with Gasteiger partial charge in [-0.3, -0.25) is 24.1 Å². The van der Waals surface area contributed by atoms with Crippen LogP contribution in [-0.4, -0.2) is 58.7 Å². The van der Waals surface area contributed by atoms with Crippen LogP contribution in [0.15, 0.2) is 66.7 Å². The van der Waals surface area contributed by atoms with Crippen molar-refractivity contribution in [1.29, 1.82) is 0 Å². The van der Waals surface area contributed by atoms with Crippen LogP contribution in [0.3, 0.4) is 0 Å². The molecule has 0 saturated carbocycles. The Bertz CT molecular complexity index is 1240. The molecule has 8 heteroatoms. The molecule has 1 aliphatic heterocycles. The molecule has 0 unspecified atom stereocenters. The van der Waals surface area contributed by atoms with Crippen molar-refractivity contribution in [2.45, 2.75) is 64.6 Å². The van der Waals surface area contributed by atoms with Crippen molar-refractivity contribution in [2.24, 2.45) is 11.8 Å². The maximum atomic E-state index is 13.9. The fourth-order valence-electron chi connectivity index (χ4n) is 5.41. The number of amides is 4. The standard InChI is InChI=1S/C32H39N3O5/c1-32(2,3)33-29(37)27(20-22-11-6-5-7-12-22)35(21-23-13-10-14-24(19-23)40-4)28(36)17-18-34-30(38)25-15-8-9-16-26(25)31(34)39/h5-14,19,25-27H,15-18,20-21H2,1-4H3,(H,33,37)/t25-,26+,27-/m0/s1. The Kier molecular flexibility index (Phi) is 9.07. The number of carbonyl (C=O) groups excluding carboxylic acids is 4. The number of carbonyl (C=O) groups is 4. The van der Waals surface area contributed by atoms with E-state index in [2.05, 4.69) is 5.32 Å². The molecular formula is C32H39N3O5. The molecule has 3 atom stereocenters. The highest BCUT2D eigenvalue weighted by molar-refractivity contribution is 6.05. The van der Waals surface area contributed by atoms with Crippen LogP contribution in [-0.2, 0) is 32.1 Å². The highest BCUT2D eigenvalue weighted by Crippen LogP contribution is 2.35. The van der Waals surface area contributed by atoms with Crippen LogP contribution < -0.4 is 10.1 Å². The molecule has 4 amide bonds. The smallest absolute Gasteiger partial charge is 0.243 e. The van der Waals surface area contributed by atoms with Gasteiger partial charge in [-0.15, -0.1) is 0 Å². The molecule has 8 nitrogen and oxygen atoms in total. The minimum Gasteiger partial charge on any atom is -0.497 e. The second-order valence-corrected chi connectivity index (χ2v) is 11.6. The van der Waals surface area contributed by atoms with Crippen LogP contribution >= 0.6 is 0 Å². The van der Waals surface area contributed by atoms with Crippen molar-refractivity contribution in [1.82, 2.24) is 15.1 Å². The summed E-state index contributed by atoms with van der Waals surface area (Å²) >= 11 is 0. The highest BCUT2D eigenvalue weighted by Gasteiger charge is 2.47. The first-order valence-electron chi connectivity index (χ1n) is 13.9. The average Bonchev–Trinajstić information content (AvgIpc) is 3.18. The Balaban J connectivity index is 1.61. The predicted octanol–water partition coefficient (Wildman–Crippen LogP) is 3.89. The van der Waals surface area contributed by atoms with Gasteiger partial charge in [0.15, 0.2) is 0 Å². The minimum absolute atomic E-state index is 0.00292. The van der Waals surface area contributed by atoms with Gasteiger partial charge in [0.25, 0.3) is 0 Å². The molecule has 2 aromatic rings. The number of likely N-dealkylation sites (tertiary alicyclic amines) is 1. The molecule has 212 valence electrons. The summed E-state index contributed by atoms with van der Waals surface area (Å²) in [6.07, 6.45) is 5.23. The molecule has 1 fully saturated rings. The summed E-state index contributed by atoms with van der Waals surface area (Å²) in [7, 11) is 1.58. The summed E-state index contributed by atoms with van der Waals surface area (Å²) in [5.74, 6) is -1.03. The van der Waals surface area contributed by atoms with E-state index < -0.39 is 11.6 Å². The quantitative estimate of drug-likeness (QED) is 0.361. The third-order valence-corrected chi connectivity index (χ3v) is 7.40. The Morgan fingerprint density at radius 3 is 2.20 bits per heavy atom. The summed E-state index contributed by atoms with van der Waals surface area (Å²) in [5.41, 5.74) is 1.22. The van der Waals surface area contributed by atoms with E-state index in [4.69, 9.17) is 4.74 Å². The number of imide groups is 1. The highest BCUT2D eigenvalue weighted by atomic mass is 16.5. The van der Waals surface area contributed by atoms with Crippen molar-refractivity contribution >= 4 is 23.6 Å². The van der Waals surface area contributed by atoms with Gasteiger partial charge in [-0.1, -0.05) is 54.6 Å². The Hall–Kier alpha value is -3.94. The maximum absolute atomic E-state index is 13.9. The van der Waals surface area contributed by atoms with Crippen LogP contribution in [0, 0.1) is 11.8 Å². The number of rotatable bonds is 10. The van der Waals surface area contributed by atoms with E-state index in [0.717, 1.165) is 11.1 Å². The number of nitrogens with one attached hydrogen (secondary N) is 1. The van der Waals surface area contributed by atoms with Crippen molar-refractivity contribution in [2.75, 3.05) is 13.7 Å². The number of hydrogen-bond acceptors (Lipinski definition) is 5. The van der Waals surface area contributed by atoms with Gasteiger partial charge < -0.3 is 15.0 Å². The van der Waals surface area contributed by atoms with Gasteiger partial charge in [-0.05, 0) is 56.9 Å². The van der Waals surface area contributed by atoms with Crippen LogP contribution in [0.2, 0.25) is 0 Å². The zero-order valence-corrected chi connectivity index (χ0v) is 23.8. The molecule has 0 radical (unpaired) electrons. The van der Waals surface area contributed by atoms with Gasteiger partial charge in [0.2, 0.25) is 23.6 Å². The molecule has 1 N–H and O–H groups in total. The van der Waals surface area contributed by atoms with Crippen LogP contribution in [0.4, 0.5) is 0 Å². The lowest BCUT2D eigenvalue weighted by molar-refractivity contribution is -0.144. The van der Waals surface area contributed by atoms with Crippen molar-refractivity contribution in [3.05, 3.63) is 77.9 Å². The number of fused-ring (bicyclic) bond motifs is 1. The fraction of sp³-hybridized carbons (Fsp3) is 0.438. The molecule has 2 aromatic carbocycles. The van der Waals surface area contributed by atoms with E-state index in [1.165, 1.54) is 4.90 Å². The second kappa shape index (κ2) is 12.5. The average molecular weight is 546 g/mol. The van der Waals surface area contributed by atoms with Gasteiger partial charge >= 0.3 is 0 Å². The lowest BCUT2D eigenvalue weighted by Crippen LogP contribution is -2.54. The number of allylic oxidation sites excluding steroid dienone is 2. The lowest BCUT2D eigenvalue weighted by atomic mass is 9.85. The van der Waals surface area contributed by atoms with Crippen LogP contribution in [0.5, 0.6) is 5.75 Å². The summed E-state index contributed by atoms with van der Waals surface area (Å²) in [6, 6.07) is 16.2. The first-order valence-corrected chi connectivity index (χ1v) is 13.9.